The Bertz CT molecular complexity index is 878. The molecule has 7 heteroatoms. The normalized spacial score (nSPS) is 10.6. The lowest BCUT2D eigenvalue weighted by Gasteiger charge is -2.03. The maximum absolute atomic E-state index is 12.2. The van der Waals surface area contributed by atoms with Gasteiger partial charge in [0.2, 0.25) is 0 Å². The number of carbonyl (C=O) groups is 1. The van der Waals surface area contributed by atoms with E-state index in [1.54, 1.807) is 36.7 Å². The Hall–Kier alpha value is -1.95. The molecule has 0 aliphatic heterocycles. The van der Waals surface area contributed by atoms with Gasteiger partial charge in [0, 0.05) is 39.4 Å². The van der Waals surface area contributed by atoms with Gasteiger partial charge in [-0.2, -0.15) is 0 Å². The molecule has 0 unspecified atom stereocenters. The fraction of sp³-hybridized carbons (Fsp3) is 0.118. The van der Waals surface area contributed by atoms with Crippen LogP contribution in [0.3, 0.4) is 0 Å². The standard InChI is InChI=1S/C17H13Cl2N3OS/c1-10-2-3-11(8-20-10)16(23)22-17-21-9-14(24-17)7-12-6-13(18)4-5-15(12)19/h2-6,8-9H,7H2,1H3,(H,21,22,23). The fourth-order valence-corrected chi connectivity index (χ4v) is 3.29. The number of nitrogens with one attached hydrogen (secondary N) is 1. The second-order valence-electron chi connectivity index (χ2n) is 5.19. The number of rotatable bonds is 4. The Morgan fingerprint density at radius 3 is 2.75 bits per heavy atom. The van der Waals surface area contributed by atoms with Crippen LogP contribution in [0.5, 0.6) is 0 Å². The number of thiazole rings is 1. The third-order valence-corrected chi connectivity index (χ3v) is 4.84. The van der Waals surface area contributed by atoms with E-state index in [2.05, 4.69) is 15.3 Å². The molecule has 0 spiro atoms. The topological polar surface area (TPSA) is 54.9 Å². The van der Waals surface area contributed by atoms with Crippen molar-refractivity contribution < 1.29 is 4.79 Å². The van der Waals surface area contributed by atoms with Crippen molar-refractivity contribution in [2.45, 2.75) is 13.3 Å². The zero-order valence-electron chi connectivity index (χ0n) is 12.7. The van der Waals surface area contributed by atoms with Crippen LogP contribution < -0.4 is 5.32 Å². The van der Waals surface area contributed by atoms with Crippen LogP contribution in [0.4, 0.5) is 5.13 Å². The molecule has 2 heterocycles. The number of aromatic nitrogens is 2. The van der Waals surface area contributed by atoms with Crippen LogP contribution in [0.2, 0.25) is 10.0 Å². The Labute approximate surface area is 153 Å². The van der Waals surface area contributed by atoms with Gasteiger partial charge in [-0.3, -0.25) is 15.1 Å². The predicted molar refractivity (Wildman–Crippen MR) is 98.3 cm³/mol. The molecule has 1 aromatic carbocycles. The minimum Gasteiger partial charge on any atom is -0.298 e. The third-order valence-electron chi connectivity index (χ3n) is 3.32. The van der Waals surface area contributed by atoms with E-state index in [0.717, 1.165) is 16.1 Å². The van der Waals surface area contributed by atoms with Crippen LogP contribution in [0.25, 0.3) is 0 Å². The Morgan fingerprint density at radius 2 is 2.00 bits per heavy atom. The zero-order valence-corrected chi connectivity index (χ0v) is 15.0. The van der Waals surface area contributed by atoms with Crippen LogP contribution in [0.15, 0.2) is 42.7 Å². The van der Waals surface area contributed by atoms with Crippen LogP contribution in [0, 0.1) is 6.92 Å². The molecule has 0 saturated carbocycles. The molecular formula is C17H13Cl2N3OS. The SMILES string of the molecule is Cc1ccc(C(=O)Nc2ncc(Cc3cc(Cl)ccc3Cl)s2)cn1. The molecular weight excluding hydrogens is 365 g/mol. The summed E-state index contributed by atoms with van der Waals surface area (Å²) in [4.78, 5) is 21.5. The number of pyridine rings is 1. The van der Waals surface area contributed by atoms with Gasteiger partial charge in [0.05, 0.1) is 5.56 Å². The monoisotopic (exact) mass is 377 g/mol. The molecule has 1 N–H and O–H groups in total. The molecule has 3 rings (SSSR count). The minimum absolute atomic E-state index is 0.232. The molecule has 24 heavy (non-hydrogen) atoms. The van der Waals surface area contributed by atoms with E-state index >= 15 is 0 Å². The van der Waals surface area contributed by atoms with Crippen LogP contribution >= 0.6 is 34.5 Å². The summed E-state index contributed by atoms with van der Waals surface area (Å²) in [5.41, 5.74) is 2.28. The van der Waals surface area contributed by atoms with E-state index in [1.165, 1.54) is 11.3 Å². The number of nitrogens with zero attached hydrogens (tertiary/aromatic N) is 2. The first kappa shape index (κ1) is 16.9. The highest BCUT2D eigenvalue weighted by molar-refractivity contribution is 7.15. The Kier molecular flexibility index (Phi) is 5.14. The molecule has 4 nitrogen and oxygen atoms in total. The van der Waals surface area contributed by atoms with Gasteiger partial charge >= 0.3 is 0 Å². The van der Waals surface area contributed by atoms with Gasteiger partial charge < -0.3 is 0 Å². The smallest absolute Gasteiger partial charge is 0.259 e. The molecule has 0 saturated heterocycles. The number of hydrogen-bond acceptors (Lipinski definition) is 4. The van der Waals surface area contributed by atoms with Gasteiger partial charge in [-0.1, -0.05) is 23.2 Å². The summed E-state index contributed by atoms with van der Waals surface area (Å²) >= 11 is 13.6. The summed E-state index contributed by atoms with van der Waals surface area (Å²) in [6.07, 6.45) is 3.88. The summed E-state index contributed by atoms with van der Waals surface area (Å²) in [5, 5.41) is 4.61. The number of anilines is 1. The Morgan fingerprint density at radius 1 is 1.17 bits per heavy atom. The van der Waals surface area contributed by atoms with Gasteiger partial charge in [-0.25, -0.2) is 4.98 Å². The average Bonchev–Trinajstić information content (AvgIpc) is 2.98. The van der Waals surface area contributed by atoms with E-state index in [4.69, 9.17) is 23.2 Å². The number of carbonyl (C=O) groups excluding carboxylic acids is 1. The second-order valence-corrected chi connectivity index (χ2v) is 7.15. The maximum atomic E-state index is 12.2. The molecule has 122 valence electrons. The lowest BCUT2D eigenvalue weighted by Crippen LogP contribution is -2.11. The predicted octanol–water partition coefficient (Wildman–Crippen LogP) is 5.00. The van der Waals surface area contributed by atoms with E-state index in [-0.39, 0.29) is 5.91 Å². The maximum Gasteiger partial charge on any atom is 0.259 e. The van der Waals surface area contributed by atoms with Gasteiger partial charge in [-0.05, 0) is 42.8 Å². The van der Waals surface area contributed by atoms with Crippen LogP contribution in [-0.4, -0.2) is 15.9 Å². The molecule has 0 atom stereocenters. The fourth-order valence-electron chi connectivity index (χ4n) is 2.08. The summed E-state index contributed by atoms with van der Waals surface area (Å²) in [6, 6.07) is 8.88. The lowest BCUT2D eigenvalue weighted by molar-refractivity contribution is 0.102. The van der Waals surface area contributed by atoms with Crippen molar-refractivity contribution in [2.75, 3.05) is 5.32 Å². The van der Waals surface area contributed by atoms with Crippen molar-refractivity contribution in [1.82, 2.24) is 9.97 Å². The first-order valence-corrected chi connectivity index (χ1v) is 8.71. The first-order valence-electron chi connectivity index (χ1n) is 7.14. The summed E-state index contributed by atoms with van der Waals surface area (Å²) in [7, 11) is 0. The highest BCUT2D eigenvalue weighted by atomic mass is 35.5. The number of halogens is 2. The van der Waals surface area contributed by atoms with Gasteiger partial charge in [0.25, 0.3) is 5.91 Å². The van der Waals surface area contributed by atoms with Crippen molar-refractivity contribution in [2.24, 2.45) is 0 Å². The van der Waals surface area contributed by atoms with E-state index in [1.807, 2.05) is 13.0 Å². The largest absolute Gasteiger partial charge is 0.298 e. The lowest BCUT2D eigenvalue weighted by atomic mass is 10.1. The van der Waals surface area contributed by atoms with E-state index < -0.39 is 0 Å². The van der Waals surface area contributed by atoms with Crippen LogP contribution in [0.1, 0.15) is 26.5 Å². The molecule has 0 bridgehead atoms. The van der Waals surface area contributed by atoms with Gasteiger partial charge in [0.15, 0.2) is 5.13 Å². The van der Waals surface area contributed by atoms with E-state index in [0.29, 0.717) is 27.2 Å². The quantitative estimate of drug-likeness (QED) is 0.695. The molecule has 0 radical (unpaired) electrons. The molecule has 0 aliphatic carbocycles. The molecule has 0 aliphatic rings. The number of benzene rings is 1. The molecule has 0 fully saturated rings. The van der Waals surface area contributed by atoms with E-state index in [9.17, 15) is 4.79 Å². The first-order chi connectivity index (χ1) is 11.5. The second kappa shape index (κ2) is 7.30. The van der Waals surface area contributed by atoms with Crippen molar-refractivity contribution in [3.63, 3.8) is 0 Å². The third kappa shape index (κ3) is 4.12. The molecule has 3 aromatic rings. The van der Waals surface area contributed by atoms with Crippen LogP contribution in [-0.2, 0) is 6.42 Å². The van der Waals surface area contributed by atoms with Gasteiger partial charge in [-0.15, -0.1) is 11.3 Å². The van der Waals surface area contributed by atoms with Crippen molar-refractivity contribution in [1.29, 1.82) is 0 Å². The van der Waals surface area contributed by atoms with Crippen molar-refractivity contribution in [3.8, 4) is 0 Å². The summed E-state index contributed by atoms with van der Waals surface area (Å²) < 4.78 is 0. The summed E-state index contributed by atoms with van der Waals surface area (Å²) in [6.45, 7) is 1.87. The zero-order chi connectivity index (χ0) is 17.1. The van der Waals surface area contributed by atoms with Gasteiger partial charge in [0.1, 0.15) is 0 Å². The Balaban J connectivity index is 1.70. The highest BCUT2D eigenvalue weighted by Crippen LogP contribution is 2.27. The molecule has 1 amide bonds. The number of aryl methyl sites for hydroxylation is 1. The number of amides is 1. The highest BCUT2D eigenvalue weighted by Gasteiger charge is 2.11. The van der Waals surface area contributed by atoms with Crippen molar-refractivity contribution >= 4 is 45.6 Å². The van der Waals surface area contributed by atoms with Crippen molar-refractivity contribution in [3.05, 3.63) is 74.5 Å². The number of hydrogen-bond donors (Lipinski definition) is 1. The summed E-state index contributed by atoms with van der Waals surface area (Å²) in [5.74, 6) is -0.232. The minimum atomic E-state index is -0.232. The average molecular weight is 378 g/mol. The molecule has 2 aromatic heterocycles.